The van der Waals surface area contributed by atoms with Crippen molar-refractivity contribution in [1.82, 2.24) is 0 Å². The van der Waals surface area contributed by atoms with Crippen molar-refractivity contribution in [2.45, 2.75) is 76.6 Å². The standard InChI is InChI=1S/C58H53BN2O/c1-37(2)40-34-43(38(3)4)57(44(35-40)39(5)6)59-49-26-14-19-31-55(49)62-56-36-42(32-33-50(56)59)61-53-29-17-12-24-47(53)58(48-25-13-18-30-54(48)61)45-22-10-15-27-51(45)60(41-20-8-7-9-21-41)52-28-16-11-23-46(52)58/h7-39,49,55H,1-6H3. The van der Waals surface area contributed by atoms with Gasteiger partial charge in [-0.1, -0.05) is 174 Å². The third kappa shape index (κ3) is 5.65. The van der Waals surface area contributed by atoms with Gasteiger partial charge in [0.1, 0.15) is 11.9 Å². The van der Waals surface area contributed by atoms with Gasteiger partial charge in [0.25, 0.3) is 0 Å². The Morgan fingerprint density at radius 3 is 1.45 bits per heavy atom. The summed E-state index contributed by atoms with van der Waals surface area (Å²) in [6.45, 7) is 14.3. The van der Waals surface area contributed by atoms with Gasteiger partial charge in [-0.25, -0.2) is 0 Å². The summed E-state index contributed by atoms with van der Waals surface area (Å²) in [6, 6.07) is 59.1. The molecule has 4 aliphatic rings. The second kappa shape index (κ2) is 14.8. The lowest BCUT2D eigenvalue weighted by molar-refractivity contribution is 0.247. The molecule has 0 aromatic heterocycles. The first-order chi connectivity index (χ1) is 30.3. The Bertz CT molecular complexity index is 2800. The molecular formula is C58H53BN2O. The molecule has 0 radical (unpaired) electrons. The van der Waals surface area contributed by atoms with Crippen LogP contribution in [0.3, 0.4) is 0 Å². The second-order valence-corrected chi connectivity index (χ2v) is 18.5. The first kappa shape index (κ1) is 38.4. The molecule has 7 aromatic carbocycles. The number of ether oxygens (including phenoxy) is 1. The highest BCUT2D eigenvalue weighted by Gasteiger charge is 2.52. The van der Waals surface area contributed by atoms with Crippen LogP contribution >= 0.6 is 0 Å². The van der Waals surface area contributed by atoms with E-state index >= 15 is 0 Å². The Morgan fingerprint density at radius 2 is 0.952 bits per heavy atom. The van der Waals surface area contributed by atoms with Crippen molar-refractivity contribution in [2.75, 3.05) is 9.80 Å². The van der Waals surface area contributed by atoms with E-state index in [9.17, 15) is 0 Å². The van der Waals surface area contributed by atoms with Crippen molar-refractivity contribution in [3.63, 3.8) is 0 Å². The normalized spacial score (nSPS) is 17.7. The highest BCUT2D eigenvalue weighted by molar-refractivity contribution is 6.88. The van der Waals surface area contributed by atoms with Crippen LogP contribution < -0.4 is 25.5 Å². The third-order valence-electron chi connectivity index (χ3n) is 14.1. The molecule has 304 valence electrons. The van der Waals surface area contributed by atoms with Crippen molar-refractivity contribution < 1.29 is 4.74 Å². The zero-order valence-corrected chi connectivity index (χ0v) is 36.6. The molecule has 2 atom stereocenters. The fourth-order valence-corrected chi connectivity index (χ4v) is 11.3. The quantitative estimate of drug-likeness (QED) is 0.156. The van der Waals surface area contributed by atoms with E-state index in [0.29, 0.717) is 17.8 Å². The molecule has 1 aliphatic carbocycles. The maximum absolute atomic E-state index is 7.14. The lowest BCUT2D eigenvalue weighted by atomic mass is 9.29. The molecule has 3 nitrogen and oxygen atoms in total. The number of hydrogen-bond acceptors (Lipinski definition) is 3. The Morgan fingerprint density at radius 1 is 0.484 bits per heavy atom. The smallest absolute Gasteiger partial charge is 0.225 e. The molecule has 4 heteroatoms. The van der Waals surface area contributed by atoms with Crippen LogP contribution in [0.15, 0.2) is 182 Å². The molecule has 0 amide bonds. The van der Waals surface area contributed by atoms with Gasteiger partial charge in [0.05, 0.1) is 28.2 Å². The van der Waals surface area contributed by atoms with E-state index in [2.05, 4.69) is 233 Å². The Labute approximate surface area is 368 Å². The van der Waals surface area contributed by atoms with Crippen LogP contribution in [-0.4, -0.2) is 12.8 Å². The van der Waals surface area contributed by atoms with Gasteiger partial charge in [-0.15, -0.1) is 0 Å². The maximum atomic E-state index is 7.14. The summed E-state index contributed by atoms with van der Waals surface area (Å²) >= 11 is 0. The lowest BCUT2D eigenvalue weighted by Gasteiger charge is -2.51. The van der Waals surface area contributed by atoms with E-state index in [1.165, 1.54) is 72.6 Å². The van der Waals surface area contributed by atoms with Crippen LogP contribution in [0.25, 0.3) is 0 Å². The van der Waals surface area contributed by atoms with Crippen LogP contribution in [0.1, 0.15) is 98.2 Å². The van der Waals surface area contributed by atoms with Gasteiger partial charge in [-0.05, 0) is 111 Å². The van der Waals surface area contributed by atoms with Gasteiger partial charge in [-0.3, -0.25) is 0 Å². The average molecular weight is 805 g/mol. The van der Waals surface area contributed by atoms with E-state index in [4.69, 9.17) is 4.74 Å². The van der Waals surface area contributed by atoms with E-state index in [-0.39, 0.29) is 18.6 Å². The van der Waals surface area contributed by atoms with Crippen molar-refractivity contribution in [3.05, 3.63) is 221 Å². The van der Waals surface area contributed by atoms with Gasteiger partial charge in [0, 0.05) is 23.3 Å². The summed E-state index contributed by atoms with van der Waals surface area (Å²) in [5, 5.41) is 0. The zero-order chi connectivity index (χ0) is 42.3. The fraction of sp³-hybridized carbons (Fsp3) is 0.207. The first-order valence-electron chi connectivity index (χ1n) is 22.6. The van der Waals surface area contributed by atoms with E-state index in [1.54, 1.807) is 0 Å². The minimum atomic E-state index is -0.576. The minimum absolute atomic E-state index is 0.0652. The molecular weight excluding hydrogens is 751 g/mol. The number of hydrogen-bond donors (Lipinski definition) is 0. The maximum Gasteiger partial charge on any atom is 0.225 e. The molecule has 3 heterocycles. The number of benzene rings is 7. The Hall–Kier alpha value is -6.52. The van der Waals surface area contributed by atoms with Crippen LogP contribution in [0.2, 0.25) is 5.82 Å². The number of para-hydroxylation sites is 5. The van der Waals surface area contributed by atoms with E-state index in [1.807, 2.05) is 0 Å². The SMILES string of the molecule is CC(C)c1cc(C(C)C)c(B2c3ccc(N4c5ccccc5C5(c6ccccc6N(c6ccccc6)c6ccccc65)c5ccccc54)cc3OC3C=CC=CC23)c(C(C)C)c1. The van der Waals surface area contributed by atoms with Gasteiger partial charge in [0.15, 0.2) is 0 Å². The first-order valence-corrected chi connectivity index (χ1v) is 22.6. The molecule has 11 rings (SSSR count). The number of rotatable bonds is 6. The Kier molecular flexibility index (Phi) is 9.19. The number of fused-ring (bicyclic) bond motifs is 10. The van der Waals surface area contributed by atoms with Gasteiger partial charge in [-0.2, -0.15) is 0 Å². The Balaban J connectivity index is 1.13. The fourth-order valence-electron chi connectivity index (χ4n) is 11.3. The molecule has 1 spiro atoms. The molecule has 7 aromatic rings. The summed E-state index contributed by atoms with van der Waals surface area (Å²) in [5.41, 5.74) is 18.6. The highest BCUT2D eigenvalue weighted by Crippen LogP contribution is 2.64. The lowest BCUT2D eigenvalue weighted by Crippen LogP contribution is -2.56. The van der Waals surface area contributed by atoms with Crippen molar-refractivity contribution in [2.24, 2.45) is 0 Å². The molecule has 0 saturated heterocycles. The third-order valence-corrected chi connectivity index (χ3v) is 14.1. The zero-order valence-electron chi connectivity index (χ0n) is 36.6. The molecule has 2 unspecified atom stereocenters. The molecule has 3 aliphatic heterocycles. The summed E-state index contributed by atoms with van der Waals surface area (Å²) in [5.74, 6) is 2.39. The van der Waals surface area contributed by atoms with Crippen LogP contribution in [-0.2, 0) is 5.41 Å². The van der Waals surface area contributed by atoms with Gasteiger partial charge >= 0.3 is 0 Å². The largest absolute Gasteiger partial charge is 0.487 e. The predicted molar refractivity (Wildman–Crippen MR) is 261 cm³/mol. The summed E-state index contributed by atoms with van der Waals surface area (Å²) in [7, 11) is 0. The molecule has 0 fully saturated rings. The highest BCUT2D eigenvalue weighted by atomic mass is 16.5. The van der Waals surface area contributed by atoms with Crippen LogP contribution in [0, 0.1) is 0 Å². The monoisotopic (exact) mass is 804 g/mol. The van der Waals surface area contributed by atoms with Gasteiger partial charge < -0.3 is 14.5 Å². The summed E-state index contributed by atoms with van der Waals surface area (Å²) in [6.07, 6.45) is 8.99. The van der Waals surface area contributed by atoms with E-state index < -0.39 is 5.41 Å². The summed E-state index contributed by atoms with van der Waals surface area (Å²) < 4.78 is 7.14. The van der Waals surface area contributed by atoms with E-state index in [0.717, 1.165) is 17.1 Å². The van der Waals surface area contributed by atoms with Crippen LogP contribution in [0.4, 0.5) is 34.1 Å². The predicted octanol–water partition coefficient (Wildman–Crippen LogP) is 13.9. The average Bonchev–Trinajstić information content (AvgIpc) is 3.30. The molecule has 0 saturated carbocycles. The minimum Gasteiger partial charge on any atom is -0.487 e. The number of allylic oxidation sites excluding steroid dienone is 2. The van der Waals surface area contributed by atoms with Crippen LogP contribution in [0.5, 0.6) is 5.75 Å². The van der Waals surface area contributed by atoms with Crippen molar-refractivity contribution in [3.8, 4) is 5.75 Å². The number of nitrogens with zero attached hydrogens (tertiary/aromatic N) is 2. The number of anilines is 6. The summed E-state index contributed by atoms with van der Waals surface area (Å²) in [4.78, 5) is 4.93. The van der Waals surface area contributed by atoms with Gasteiger partial charge in [0.2, 0.25) is 6.71 Å². The topological polar surface area (TPSA) is 15.7 Å². The molecule has 0 bridgehead atoms. The second-order valence-electron chi connectivity index (χ2n) is 18.5. The molecule has 62 heavy (non-hydrogen) atoms. The van der Waals surface area contributed by atoms with Crippen molar-refractivity contribution >= 4 is 51.8 Å². The molecule has 0 N–H and O–H groups in total. The van der Waals surface area contributed by atoms with Crippen molar-refractivity contribution in [1.29, 1.82) is 0 Å².